The number of ketones is 1. The molecule has 158 valence electrons. The van der Waals surface area contributed by atoms with E-state index >= 15 is 0 Å². The number of aryl methyl sites for hydroxylation is 1. The van der Waals surface area contributed by atoms with Crippen LogP contribution < -0.4 is 5.32 Å². The van der Waals surface area contributed by atoms with Gasteiger partial charge in [0.2, 0.25) is 5.91 Å². The first kappa shape index (κ1) is 21.6. The van der Waals surface area contributed by atoms with E-state index in [1.54, 1.807) is 17.0 Å². The zero-order chi connectivity index (χ0) is 21.7. The van der Waals surface area contributed by atoms with Gasteiger partial charge < -0.3 is 10.2 Å². The quantitative estimate of drug-likeness (QED) is 0.734. The molecule has 2 aromatic rings. The van der Waals surface area contributed by atoms with Crippen LogP contribution in [-0.2, 0) is 4.79 Å². The van der Waals surface area contributed by atoms with Crippen molar-refractivity contribution in [3.05, 3.63) is 70.8 Å². The van der Waals surface area contributed by atoms with E-state index in [4.69, 9.17) is 0 Å². The summed E-state index contributed by atoms with van der Waals surface area (Å²) in [6.07, 6.45) is 1.37. The SMILES string of the molecule is Cc1ccc(C(=O)CCC(=O)N2CCC(NC(=O)c3ccc(F)cc3F)CC2)cc1. The summed E-state index contributed by atoms with van der Waals surface area (Å²) in [6.45, 7) is 2.85. The smallest absolute Gasteiger partial charge is 0.254 e. The Balaban J connectivity index is 1.44. The van der Waals surface area contributed by atoms with Crippen LogP contribution in [0.5, 0.6) is 0 Å². The van der Waals surface area contributed by atoms with Crippen LogP contribution in [0.2, 0.25) is 0 Å². The largest absolute Gasteiger partial charge is 0.349 e. The number of hydrogen-bond donors (Lipinski definition) is 1. The summed E-state index contributed by atoms with van der Waals surface area (Å²) in [4.78, 5) is 38.5. The molecule has 0 saturated carbocycles. The number of carbonyl (C=O) groups excluding carboxylic acids is 3. The first-order chi connectivity index (χ1) is 14.3. The Morgan fingerprint density at radius 2 is 1.67 bits per heavy atom. The average molecular weight is 414 g/mol. The predicted molar refractivity (Wildman–Crippen MR) is 108 cm³/mol. The van der Waals surface area contributed by atoms with E-state index in [9.17, 15) is 23.2 Å². The lowest BCUT2D eigenvalue weighted by Gasteiger charge is -2.32. The number of likely N-dealkylation sites (tertiary alicyclic amines) is 1. The molecular weight excluding hydrogens is 390 g/mol. The van der Waals surface area contributed by atoms with Gasteiger partial charge in [-0.15, -0.1) is 0 Å². The molecule has 0 aromatic heterocycles. The molecule has 0 radical (unpaired) electrons. The van der Waals surface area contributed by atoms with Crippen molar-refractivity contribution in [3.63, 3.8) is 0 Å². The maximum atomic E-state index is 13.7. The number of benzene rings is 2. The molecular formula is C23H24F2N2O3. The highest BCUT2D eigenvalue weighted by Crippen LogP contribution is 2.16. The number of nitrogens with zero attached hydrogens (tertiary/aromatic N) is 1. The summed E-state index contributed by atoms with van der Waals surface area (Å²) in [5, 5.41) is 2.74. The van der Waals surface area contributed by atoms with Gasteiger partial charge in [0, 0.05) is 43.6 Å². The summed E-state index contributed by atoms with van der Waals surface area (Å²) in [7, 11) is 0. The third kappa shape index (κ3) is 5.49. The van der Waals surface area contributed by atoms with Gasteiger partial charge in [0.15, 0.2) is 5.78 Å². The molecule has 5 nitrogen and oxygen atoms in total. The summed E-state index contributed by atoms with van der Waals surface area (Å²) in [6, 6.07) is 9.90. The van der Waals surface area contributed by atoms with Gasteiger partial charge in [0.1, 0.15) is 11.6 Å². The molecule has 0 bridgehead atoms. The highest BCUT2D eigenvalue weighted by atomic mass is 19.1. The number of rotatable bonds is 6. The van der Waals surface area contributed by atoms with Gasteiger partial charge in [-0.05, 0) is 31.9 Å². The second kappa shape index (κ2) is 9.61. The summed E-state index contributed by atoms with van der Waals surface area (Å²) >= 11 is 0. The van der Waals surface area contributed by atoms with Crippen LogP contribution >= 0.6 is 0 Å². The van der Waals surface area contributed by atoms with Crippen molar-refractivity contribution in [2.45, 2.75) is 38.6 Å². The molecule has 1 N–H and O–H groups in total. The molecule has 0 aliphatic carbocycles. The van der Waals surface area contributed by atoms with Crippen LogP contribution in [0.15, 0.2) is 42.5 Å². The maximum Gasteiger partial charge on any atom is 0.254 e. The van der Waals surface area contributed by atoms with Gasteiger partial charge in [0.05, 0.1) is 5.56 Å². The lowest BCUT2D eigenvalue weighted by atomic mass is 10.0. The molecule has 7 heteroatoms. The van der Waals surface area contributed by atoms with Crippen molar-refractivity contribution in [2.24, 2.45) is 0 Å². The fourth-order valence-corrected chi connectivity index (χ4v) is 3.47. The van der Waals surface area contributed by atoms with Gasteiger partial charge in [-0.3, -0.25) is 14.4 Å². The summed E-state index contributed by atoms with van der Waals surface area (Å²) < 4.78 is 26.7. The van der Waals surface area contributed by atoms with Crippen molar-refractivity contribution < 1.29 is 23.2 Å². The predicted octanol–water partition coefficient (Wildman–Crippen LogP) is 3.66. The number of hydrogen-bond acceptors (Lipinski definition) is 3. The Kier molecular flexibility index (Phi) is 6.92. The fraction of sp³-hybridized carbons (Fsp3) is 0.348. The Hall–Kier alpha value is -3.09. The topological polar surface area (TPSA) is 66.5 Å². The molecule has 0 spiro atoms. The van der Waals surface area contributed by atoms with E-state index in [-0.39, 0.29) is 36.1 Å². The van der Waals surface area contributed by atoms with E-state index < -0.39 is 17.5 Å². The Bertz CT molecular complexity index is 936. The van der Waals surface area contributed by atoms with Crippen LogP contribution in [0, 0.1) is 18.6 Å². The second-order valence-electron chi connectivity index (χ2n) is 7.54. The standard InChI is InChI=1S/C23H24F2N2O3/c1-15-2-4-16(5-3-15)21(28)8-9-22(29)27-12-10-18(11-13-27)26-23(30)19-7-6-17(24)14-20(19)25/h2-7,14,18H,8-13H2,1H3,(H,26,30). The van der Waals surface area contributed by atoms with Crippen molar-refractivity contribution in [2.75, 3.05) is 13.1 Å². The summed E-state index contributed by atoms with van der Waals surface area (Å²) in [5.74, 6) is -2.40. The van der Waals surface area contributed by atoms with Crippen LogP contribution in [0.4, 0.5) is 8.78 Å². The molecule has 30 heavy (non-hydrogen) atoms. The third-order valence-corrected chi connectivity index (χ3v) is 5.30. The molecule has 2 amide bonds. The number of halogens is 2. The molecule has 3 rings (SSSR count). The highest BCUT2D eigenvalue weighted by Gasteiger charge is 2.25. The van der Waals surface area contributed by atoms with Gasteiger partial charge in [-0.25, -0.2) is 8.78 Å². The zero-order valence-electron chi connectivity index (χ0n) is 16.8. The molecule has 1 fully saturated rings. The Morgan fingerprint density at radius 1 is 1.00 bits per heavy atom. The van der Waals surface area contributed by atoms with Crippen LogP contribution in [0.3, 0.4) is 0 Å². The monoisotopic (exact) mass is 414 g/mol. The Morgan fingerprint density at radius 3 is 2.30 bits per heavy atom. The molecule has 0 unspecified atom stereocenters. The lowest BCUT2D eigenvalue weighted by Crippen LogP contribution is -2.46. The van der Waals surface area contributed by atoms with Gasteiger partial charge in [0.25, 0.3) is 5.91 Å². The normalized spacial score (nSPS) is 14.4. The molecule has 1 heterocycles. The first-order valence-corrected chi connectivity index (χ1v) is 9.97. The highest BCUT2D eigenvalue weighted by molar-refractivity contribution is 5.98. The van der Waals surface area contributed by atoms with E-state index in [0.717, 1.165) is 17.7 Å². The van der Waals surface area contributed by atoms with Crippen LogP contribution in [0.25, 0.3) is 0 Å². The third-order valence-electron chi connectivity index (χ3n) is 5.30. The lowest BCUT2D eigenvalue weighted by molar-refractivity contribution is -0.132. The molecule has 1 saturated heterocycles. The van der Waals surface area contributed by atoms with Crippen LogP contribution in [0.1, 0.15) is 52.0 Å². The number of amides is 2. The molecule has 0 atom stereocenters. The van der Waals surface area contributed by atoms with Crippen molar-refractivity contribution in [3.8, 4) is 0 Å². The van der Waals surface area contributed by atoms with Crippen molar-refractivity contribution in [1.29, 1.82) is 0 Å². The number of carbonyl (C=O) groups is 3. The van der Waals surface area contributed by atoms with Gasteiger partial charge in [-0.2, -0.15) is 0 Å². The number of Topliss-reactive ketones (excluding diaryl/α,β-unsaturated/α-hetero) is 1. The van der Waals surface area contributed by atoms with E-state index in [0.29, 0.717) is 37.6 Å². The zero-order valence-corrected chi connectivity index (χ0v) is 16.8. The fourth-order valence-electron chi connectivity index (χ4n) is 3.47. The second-order valence-corrected chi connectivity index (χ2v) is 7.54. The maximum absolute atomic E-state index is 13.7. The summed E-state index contributed by atoms with van der Waals surface area (Å²) in [5.41, 5.74) is 1.46. The van der Waals surface area contributed by atoms with E-state index in [2.05, 4.69) is 5.32 Å². The molecule has 1 aliphatic heterocycles. The minimum atomic E-state index is -0.904. The molecule has 1 aliphatic rings. The van der Waals surface area contributed by atoms with E-state index in [1.165, 1.54) is 0 Å². The van der Waals surface area contributed by atoms with Crippen molar-refractivity contribution in [1.82, 2.24) is 10.2 Å². The molecule has 2 aromatic carbocycles. The number of nitrogens with one attached hydrogen (secondary N) is 1. The number of piperidine rings is 1. The van der Waals surface area contributed by atoms with E-state index in [1.807, 2.05) is 19.1 Å². The minimum absolute atomic E-state index is 0.0631. The van der Waals surface area contributed by atoms with Gasteiger partial charge in [-0.1, -0.05) is 29.8 Å². The van der Waals surface area contributed by atoms with Crippen LogP contribution in [-0.4, -0.2) is 41.6 Å². The van der Waals surface area contributed by atoms with Gasteiger partial charge >= 0.3 is 0 Å². The minimum Gasteiger partial charge on any atom is -0.349 e. The average Bonchev–Trinajstić information content (AvgIpc) is 2.72. The Labute approximate surface area is 174 Å². The first-order valence-electron chi connectivity index (χ1n) is 9.97. The van der Waals surface area contributed by atoms with Crippen molar-refractivity contribution >= 4 is 17.6 Å².